The minimum absolute atomic E-state index is 0.128. The first-order valence-electron chi connectivity index (χ1n) is 7.05. The molecule has 0 bridgehead atoms. The highest BCUT2D eigenvalue weighted by atomic mass is 32.2. The Kier molecular flexibility index (Phi) is 6.67. The van der Waals surface area contributed by atoms with Crippen LogP contribution in [-0.4, -0.2) is 49.7 Å². The van der Waals surface area contributed by atoms with Gasteiger partial charge in [0, 0.05) is 12.4 Å². The summed E-state index contributed by atoms with van der Waals surface area (Å²) in [4.78, 5) is 29.1. The van der Waals surface area contributed by atoms with Crippen LogP contribution in [0.4, 0.5) is 4.79 Å². The number of amides is 1. The van der Waals surface area contributed by atoms with Gasteiger partial charge in [-0.15, -0.1) is 4.83 Å². The molecule has 0 atom stereocenters. The van der Waals surface area contributed by atoms with Crippen LogP contribution in [0.15, 0.2) is 29.4 Å². The van der Waals surface area contributed by atoms with Crippen molar-refractivity contribution < 1.29 is 27.5 Å². The summed E-state index contributed by atoms with van der Waals surface area (Å²) in [5.74, 6) is -0.593. The summed E-state index contributed by atoms with van der Waals surface area (Å²) in [6.45, 7) is 4.66. The molecule has 0 spiro atoms. The molecule has 0 saturated carbocycles. The van der Waals surface area contributed by atoms with Gasteiger partial charge < -0.3 is 9.47 Å². The fourth-order valence-corrected chi connectivity index (χ4v) is 2.52. The molecule has 134 valence electrons. The molecule has 0 aliphatic rings. The third-order valence-electron chi connectivity index (χ3n) is 2.56. The highest BCUT2D eigenvalue weighted by molar-refractivity contribution is 7.89. The van der Waals surface area contributed by atoms with Crippen LogP contribution in [-0.2, 0) is 24.3 Å². The molecule has 0 aromatic carbocycles. The van der Waals surface area contributed by atoms with Gasteiger partial charge in [-0.25, -0.2) is 18.2 Å². The van der Waals surface area contributed by atoms with Gasteiger partial charge in [0.25, 0.3) is 10.0 Å². The summed E-state index contributed by atoms with van der Waals surface area (Å²) in [5.41, 5.74) is -0.833. The zero-order chi connectivity index (χ0) is 18.4. The van der Waals surface area contributed by atoms with E-state index in [2.05, 4.69) is 14.6 Å². The summed E-state index contributed by atoms with van der Waals surface area (Å²) >= 11 is 0. The van der Waals surface area contributed by atoms with E-state index in [4.69, 9.17) is 4.74 Å². The van der Waals surface area contributed by atoms with Gasteiger partial charge in [0.05, 0.1) is 20.1 Å². The number of aromatic nitrogens is 1. The number of ether oxygens (including phenoxy) is 2. The van der Waals surface area contributed by atoms with Crippen LogP contribution >= 0.6 is 0 Å². The molecule has 1 N–H and O–H groups in total. The number of hydrazine groups is 1. The summed E-state index contributed by atoms with van der Waals surface area (Å²) < 4.78 is 34.3. The van der Waals surface area contributed by atoms with E-state index in [1.165, 1.54) is 25.4 Å². The number of pyridine rings is 1. The Morgan fingerprint density at radius 2 is 2.00 bits per heavy atom. The van der Waals surface area contributed by atoms with E-state index in [1.807, 2.05) is 0 Å². The fraction of sp³-hybridized carbons (Fsp3) is 0.500. The number of carbonyl (C=O) groups excluding carboxylic acids is 2. The topological polar surface area (TPSA) is 115 Å². The lowest BCUT2D eigenvalue weighted by atomic mass is 10.2. The molecule has 1 heterocycles. The molecule has 0 aliphatic carbocycles. The normalized spacial score (nSPS) is 11.7. The third-order valence-corrected chi connectivity index (χ3v) is 3.88. The number of sulfonamides is 1. The maximum Gasteiger partial charge on any atom is 0.425 e. The van der Waals surface area contributed by atoms with Crippen molar-refractivity contribution in [2.75, 3.05) is 13.7 Å². The van der Waals surface area contributed by atoms with Crippen LogP contribution in [0.1, 0.15) is 27.2 Å². The minimum Gasteiger partial charge on any atom is -0.469 e. The molecule has 9 nitrogen and oxygen atoms in total. The molecule has 1 aromatic rings. The largest absolute Gasteiger partial charge is 0.469 e. The van der Waals surface area contributed by atoms with Crippen LogP contribution in [0, 0.1) is 0 Å². The quantitative estimate of drug-likeness (QED) is 0.597. The number of nitrogens with zero attached hydrogens (tertiary/aromatic N) is 2. The molecule has 1 aromatic heterocycles. The minimum atomic E-state index is -4.05. The number of esters is 1. The van der Waals surface area contributed by atoms with Gasteiger partial charge in [-0.2, -0.15) is 0 Å². The highest BCUT2D eigenvalue weighted by Gasteiger charge is 2.27. The molecule has 0 radical (unpaired) electrons. The SMILES string of the molecule is COC(=O)CCN(NS(=O)(=O)c1cccnc1)C(=O)OC(C)(C)C. The highest BCUT2D eigenvalue weighted by Crippen LogP contribution is 2.12. The van der Waals surface area contributed by atoms with E-state index >= 15 is 0 Å². The van der Waals surface area contributed by atoms with Gasteiger partial charge in [0.1, 0.15) is 10.5 Å². The van der Waals surface area contributed by atoms with Crippen molar-refractivity contribution in [2.24, 2.45) is 0 Å². The lowest BCUT2D eigenvalue weighted by Gasteiger charge is -2.27. The zero-order valence-corrected chi connectivity index (χ0v) is 14.8. The van der Waals surface area contributed by atoms with Gasteiger partial charge in [0.2, 0.25) is 0 Å². The summed E-state index contributed by atoms with van der Waals surface area (Å²) in [5, 5.41) is 0.713. The van der Waals surface area contributed by atoms with Gasteiger partial charge in [-0.05, 0) is 32.9 Å². The van der Waals surface area contributed by atoms with Crippen LogP contribution < -0.4 is 4.83 Å². The Bertz CT molecular complexity index is 670. The number of rotatable bonds is 6. The average Bonchev–Trinajstić information content (AvgIpc) is 2.50. The zero-order valence-electron chi connectivity index (χ0n) is 14.0. The predicted molar refractivity (Wildman–Crippen MR) is 84.1 cm³/mol. The second-order valence-electron chi connectivity index (χ2n) is 5.74. The lowest BCUT2D eigenvalue weighted by Crippen LogP contribution is -2.49. The van der Waals surface area contributed by atoms with Crippen LogP contribution in [0.5, 0.6) is 0 Å². The van der Waals surface area contributed by atoms with E-state index in [9.17, 15) is 18.0 Å². The van der Waals surface area contributed by atoms with E-state index in [-0.39, 0.29) is 17.9 Å². The van der Waals surface area contributed by atoms with E-state index < -0.39 is 27.7 Å². The van der Waals surface area contributed by atoms with Crippen LogP contribution in [0.2, 0.25) is 0 Å². The number of hydrogen-bond acceptors (Lipinski definition) is 7. The first-order chi connectivity index (χ1) is 11.0. The molecule has 24 heavy (non-hydrogen) atoms. The third kappa shape index (κ3) is 6.50. The molecule has 1 amide bonds. The molecule has 1 rings (SSSR count). The van der Waals surface area contributed by atoms with Crippen molar-refractivity contribution in [1.29, 1.82) is 0 Å². The van der Waals surface area contributed by atoms with E-state index in [0.29, 0.717) is 5.01 Å². The summed E-state index contributed by atoms with van der Waals surface area (Å²) in [6, 6.07) is 2.77. The van der Waals surface area contributed by atoms with E-state index in [1.54, 1.807) is 20.8 Å². The molecule has 0 unspecified atom stereocenters. The fourth-order valence-electron chi connectivity index (χ4n) is 1.50. The Morgan fingerprint density at radius 3 is 2.50 bits per heavy atom. The van der Waals surface area contributed by atoms with Crippen molar-refractivity contribution in [3.05, 3.63) is 24.5 Å². The molecule has 0 fully saturated rings. The standard InChI is InChI=1S/C14H21N3O6S/c1-14(2,3)23-13(19)17(9-7-12(18)22-4)16-24(20,21)11-6-5-8-15-10-11/h5-6,8,10,16H,7,9H2,1-4H3. The summed E-state index contributed by atoms with van der Waals surface area (Å²) in [6.07, 6.45) is 1.42. The van der Waals surface area contributed by atoms with Crippen molar-refractivity contribution in [3.8, 4) is 0 Å². The van der Waals surface area contributed by atoms with Crippen LogP contribution in [0.25, 0.3) is 0 Å². The van der Waals surface area contributed by atoms with Crippen molar-refractivity contribution in [1.82, 2.24) is 14.8 Å². The van der Waals surface area contributed by atoms with Gasteiger partial charge in [0.15, 0.2) is 0 Å². The number of nitrogens with one attached hydrogen (secondary N) is 1. The monoisotopic (exact) mass is 359 g/mol. The van der Waals surface area contributed by atoms with Crippen molar-refractivity contribution in [2.45, 2.75) is 37.7 Å². The van der Waals surface area contributed by atoms with Gasteiger partial charge >= 0.3 is 12.1 Å². The first kappa shape index (κ1) is 19.8. The lowest BCUT2D eigenvalue weighted by molar-refractivity contribution is -0.140. The second kappa shape index (κ2) is 8.06. The van der Waals surface area contributed by atoms with Gasteiger partial charge in [-0.3, -0.25) is 9.78 Å². The van der Waals surface area contributed by atoms with Crippen molar-refractivity contribution >= 4 is 22.1 Å². The maximum absolute atomic E-state index is 12.3. The molecule has 0 saturated heterocycles. The Morgan fingerprint density at radius 1 is 1.33 bits per heavy atom. The average molecular weight is 359 g/mol. The maximum atomic E-state index is 12.3. The molecular formula is C14H21N3O6S. The molecular weight excluding hydrogens is 338 g/mol. The summed E-state index contributed by atoms with van der Waals surface area (Å²) in [7, 11) is -2.86. The first-order valence-corrected chi connectivity index (χ1v) is 8.53. The van der Waals surface area contributed by atoms with Crippen LogP contribution in [0.3, 0.4) is 0 Å². The Hall–Kier alpha value is -2.20. The number of carbonyl (C=O) groups is 2. The predicted octanol–water partition coefficient (Wildman–Crippen LogP) is 1.08. The molecule has 10 heteroatoms. The number of methoxy groups -OCH3 is 1. The smallest absolute Gasteiger partial charge is 0.425 e. The van der Waals surface area contributed by atoms with Crippen molar-refractivity contribution in [3.63, 3.8) is 0 Å². The Balaban J connectivity index is 2.96. The Labute approximate surface area is 141 Å². The molecule has 0 aliphatic heterocycles. The van der Waals surface area contributed by atoms with E-state index in [0.717, 1.165) is 6.20 Å². The van der Waals surface area contributed by atoms with Gasteiger partial charge in [-0.1, -0.05) is 0 Å². The number of hydrogen-bond donors (Lipinski definition) is 1. The second-order valence-corrected chi connectivity index (χ2v) is 7.40.